The van der Waals surface area contributed by atoms with E-state index in [2.05, 4.69) is 0 Å². The topological polar surface area (TPSA) is 48.0 Å². The van der Waals surface area contributed by atoms with E-state index in [1.54, 1.807) is 13.0 Å². The molecule has 0 aliphatic heterocycles. The van der Waals surface area contributed by atoms with Gasteiger partial charge in [-0.25, -0.2) is 0 Å². The molecule has 18 heavy (non-hydrogen) atoms. The molecule has 1 aromatic rings. The minimum atomic E-state index is -4.21. The van der Waals surface area contributed by atoms with Crippen LogP contribution in [0.1, 0.15) is 24.1 Å². The van der Waals surface area contributed by atoms with Crippen molar-refractivity contribution in [1.82, 2.24) is 4.57 Å². The highest BCUT2D eigenvalue weighted by molar-refractivity contribution is 7.80. The number of hydrogen-bond donors (Lipinski definition) is 1. The van der Waals surface area contributed by atoms with Crippen molar-refractivity contribution in [3.05, 3.63) is 33.7 Å². The first kappa shape index (κ1) is 14.7. The highest BCUT2D eigenvalue weighted by atomic mass is 32.1. The molecule has 0 saturated heterocycles. The van der Waals surface area contributed by atoms with Gasteiger partial charge in [-0.2, -0.15) is 13.2 Å². The van der Waals surface area contributed by atoms with Crippen LogP contribution in [0, 0.1) is 6.92 Å². The van der Waals surface area contributed by atoms with Crippen molar-refractivity contribution in [2.24, 2.45) is 5.73 Å². The molecule has 0 spiro atoms. The van der Waals surface area contributed by atoms with Gasteiger partial charge < -0.3 is 10.3 Å². The second-order valence-corrected chi connectivity index (χ2v) is 4.37. The molecule has 0 amide bonds. The van der Waals surface area contributed by atoms with Gasteiger partial charge in [-0.05, 0) is 25.5 Å². The number of rotatable bonds is 4. The van der Waals surface area contributed by atoms with Crippen LogP contribution in [0.15, 0.2) is 16.9 Å². The summed E-state index contributed by atoms with van der Waals surface area (Å²) in [7, 11) is 0. The molecule has 3 nitrogen and oxygen atoms in total. The Bertz CT molecular complexity index is 508. The molecule has 0 atom stereocenters. The smallest absolute Gasteiger partial charge is 0.389 e. The van der Waals surface area contributed by atoms with Crippen LogP contribution in [0.3, 0.4) is 0 Å². The zero-order chi connectivity index (χ0) is 13.9. The Morgan fingerprint density at radius 3 is 2.56 bits per heavy atom. The van der Waals surface area contributed by atoms with E-state index in [1.807, 2.05) is 0 Å². The van der Waals surface area contributed by atoms with Crippen molar-refractivity contribution in [2.45, 2.75) is 32.5 Å². The maximum absolute atomic E-state index is 12.0. The summed E-state index contributed by atoms with van der Waals surface area (Å²) in [5.41, 5.74) is 5.67. The highest BCUT2D eigenvalue weighted by Gasteiger charge is 2.26. The van der Waals surface area contributed by atoms with Gasteiger partial charge >= 0.3 is 6.18 Å². The Morgan fingerprint density at radius 2 is 2.06 bits per heavy atom. The Kier molecular flexibility index (Phi) is 4.50. The standard InChI is InChI=1S/C11H13F3N2OS/c1-7-3-4-8(9(15)18)10(17)16(7)6-2-5-11(12,13)14/h3-4H,2,5-6H2,1H3,(H2,15,18). The van der Waals surface area contributed by atoms with E-state index in [0.717, 1.165) is 0 Å². The predicted octanol–water partition coefficient (Wildman–Crippen LogP) is 2.13. The summed E-state index contributed by atoms with van der Waals surface area (Å²) in [5, 5.41) is 0. The first-order valence-corrected chi connectivity index (χ1v) is 5.70. The maximum atomic E-state index is 12.0. The minimum Gasteiger partial charge on any atom is -0.389 e. The lowest BCUT2D eigenvalue weighted by atomic mass is 10.2. The molecule has 1 aromatic heterocycles. The number of nitrogens with zero attached hydrogens (tertiary/aromatic N) is 1. The molecule has 100 valence electrons. The molecule has 0 aliphatic rings. The Hall–Kier alpha value is -1.37. The monoisotopic (exact) mass is 278 g/mol. The number of aromatic nitrogens is 1. The molecule has 0 aromatic carbocycles. The van der Waals surface area contributed by atoms with Gasteiger partial charge in [0, 0.05) is 18.7 Å². The van der Waals surface area contributed by atoms with Gasteiger partial charge in [0.15, 0.2) is 0 Å². The average Bonchev–Trinajstić information content (AvgIpc) is 2.20. The van der Waals surface area contributed by atoms with Crippen molar-refractivity contribution in [1.29, 1.82) is 0 Å². The van der Waals surface area contributed by atoms with Crippen molar-refractivity contribution in [3.8, 4) is 0 Å². The van der Waals surface area contributed by atoms with Crippen LogP contribution in [0.2, 0.25) is 0 Å². The first-order chi connectivity index (χ1) is 8.22. The minimum absolute atomic E-state index is 0.000625. The third-order valence-electron chi connectivity index (χ3n) is 2.50. The van der Waals surface area contributed by atoms with E-state index in [0.29, 0.717) is 5.69 Å². The molecular weight excluding hydrogens is 265 g/mol. The van der Waals surface area contributed by atoms with Gasteiger partial charge in [-0.15, -0.1) is 0 Å². The number of alkyl halides is 3. The lowest BCUT2D eigenvalue weighted by Crippen LogP contribution is -2.30. The van der Waals surface area contributed by atoms with Crippen LogP contribution < -0.4 is 11.3 Å². The number of nitrogens with two attached hydrogens (primary N) is 1. The molecule has 1 heterocycles. The molecule has 0 saturated carbocycles. The number of pyridine rings is 1. The molecule has 1 rings (SSSR count). The molecule has 0 bridgehead atoms. The average molecular weight is 278 g/mol. The molecule has 7 heteroatoms. The summed E-state index contributed by atoms with van der Waals surface area (Å²) in [6.45, 7) is 1.65. The van der Waals surface area contributed by atoms with Gasteiger partial charge in [0.1, 0.15) is 4.99 Å². The predicted molar refractivity (Wildman–Crippen MR) is 66.6 cm³/mol. The van der Waals surface area contributed by atoms with Gasteiger partial charge in [-0.1, -0.05) is 12.2 Å². The molecule has 0 radical (unpaired) electrons. The van der Waals surface area contributed by atoms with Crippen molar-refractivity contribution in [2.75, 3.05) is 0 Å². The quantitative estimate of drug-likeness (QED) is 0.858. The van der Waals surface area contributed by atoms with Crippen molar-refractivity contribution >= 4 is 17.2 Å². The zero-order valence-corrected chi connectivity index (χ0v) is 10.6. The van der Waals surface area contributed by atoms with E-state index in [-0.39, 0.29) is 23.5 Å². The largest absolute Gasteiger partial charge is 0.389 e. The molecule has 0 unspecified atom stereocenters. The third kappa shape index (κ3) is 3.83. The normalized spacial score (nSPS) is 11.6. The summed E-state index contributed by atoms with van der Waals surface area (Å²) in [6, 6.07) is 3.10. The third-order valence-corrected chi connectivity index (χ3v) is 2.72. The van der Waals surface area contributed by atoms with Crippen molar-refractivity contribution < 1.29 is 13.2 Å². The number of hydrogen-bond acceptors (Lipinski definition) is 2. The fourth-order valence-electron chi connectivity index (χ4n) is 1.57. The Morgan fingerprint density at radius 1 is 1.44 bits per heavy atom. The summed E-state index contributed by atoms with van der Waals surface area (Å²) in [4.78, 5) is 11.8. The summed E-state index contributed by atoms with van der Waals surface area (Å²) < 4.78 is 37.4. The molecule has 0 aliphatic carbocycles. The summed E-state index contributed by atoms with van der Waals surface area (Å²) in [5.74, 6) is 0. The second kappa shape index (κ2) is 5.51. The van der Waals surface area contributed by atoms with E-state index in [1.165, 1.54) is 10.6 Å². The summed E-state index contributed by atoms with van der Waals surface area (Å²) >= 11 is 4.71. The fourth-order valence-corrected chi connectivity index (χ4v) is 1.73. The SMILES string of the molecule is Cc1ccc(C(N)=S)c(=O)n1CCCC(F)(F)F. The number of halogens is 3. The number of thiocarbonyl (C=S) groups is 1. The van der Waals surface area contributed by atoms with Crippen LogP contribution in [0.5, 0.6) is 0 Å². The maximum Gasteiger partial charge on any atom is 0.389 e. The fraction of sp³-hybridized carbons (Fsp3) is 0.455. The van der Waals surface area contributed by atoms with Gasteiger partial charge in [0.05, 0.1) is 5.56 Å². The Labute approximate surface area is 107 Å². The molecule has 2 N–H and O–H groups in total. The van der Waals surface area contributed by atoms with E-state index < -0.39 is 18.2 Å². The van der Waals surface area contributed by atoms with Crippen molar-refractivity contribution in [3.63, 3.8) is 0 Å². The van der Waals surface area contributed by atoms with Gasteiger partial charge in [-0.3, -0.25) is 4.79 Å². The second-order valence-electron chi connectivity index (χ2n) is 3.93. The molecular formula is C11H13F3N2OS. The van der Waals surface area contributed by atoms with Crippen LogP contribution in [0.25, 0.3) is 0 Å². The zero-order valence-electron chi connectivity index (χ0n) is 9.75. The lowest BCUT2D eigenvalue weighted by Gasteiger charge is -2.12. The van der Waals surface area contributed by atoms with Crippen LogP contribution >= 0.6 is 12.2 Å². The van der Waals surface area contributed by atoms with Gasteiger partial charge in [0.2, 0.25) is 0 Å². The summed E-state index contributed by atoms with van der Waals surface area (Å²) in [6.07, 6.45) is -5.28. The van der Waals surface area contributed by atoms with E-state index in [4.69, 9.17) is 18.0 Å². The lowest BCUT2D eigenvalue weighted by molar-refractivity contribution is -0.135. The highest BCUT2D eigenvalue weighted by Crippen LogP contribution is 2.21. The number of aryl methyl sites for hydroxylation is 1. The van der Waals surface area contributed by atoms with Crippen LogP contribution in [-0.2, 0) is 6.54 Å². The van der Waals surface area contributed by atoms with Crippen LogP contribution in [-0.4, -0.2) is 15.7 Å². The molecule has 0 fully saturated rings. The van der Waals surface area contributed by atoms with E-state index in [9.17, 15) is 18.0 Å². The first-order valence-electron chi connectivity index (χ1n) is 5.29. The van der Waals surface area contributed by atoms with Crippen LogP contribution in [0.4, 0.5) is 13.2 Å². The Balaban J connectivity index is 2.92. The van der Waals surface area contributed by atoms with E-state index >= 15 is 0 Å². The van der Waals surface area contributed by atoms with Gasteiger partial charge in [0.25, 0.3) is 5.56 Å².